The van der Waals surface area contributed by atoms with E-state index in [0.717, 1.165) is 31.3 Å². The van der Waals surface area contributed by atoms with E-state index in [4.69, 9.17) is 0 Å². The Hall–Kier alpha value is -1.68. The molecule has 0 bridgehead atoms. The Kier molecular flexibility index (Phi) is 3.49. The highest BCUT2D eigenvalue weighted by molar-refractivity contribution is 5.32. The molecule has 1 aliphatic heterocycles. The van der Waals surface area contributed by atoms with Crippen LogP contribution in [0.4, 0.5) is 0 Å². The van der Waals surface area contributed by atoms with Gasteiger partial charge in [-0.1, -0.05) is 38.1 Å². The molecule has 1 aromatic carbocycles. The first-order chi connectivity index (χ1) is 10.7. The van der Waals surface area contributed by atoms with Crippen molar-refractivity contribution in [2.24, 2.45) is 0 Å². The third kappa shape index (κ3) is 2.26. The summed E-state index contributed by atoms with van der Waals surface area (Å²) in [7, 11) is 0. The summed E-state index contributed by atoms with van der Waals surface area (Å²) in [6, 6.07) is 9.52. The summed E-state index contributed by atoms with van der Waals surface area (Å²) in [5.74, 6) is 2.72. The topological polar surface area (TPSA) is 34.0 Å². The lowest BCUT2D eigenvalue weighted by molar-refractivity contribution is 0.137. The van der Waals surface area contributed by atoms with Gasteiger partial charge in [0.05, 0.1) is 6.54 Å². The number of aryl methyl sites for hydroxylation is 1. The second-order valence-corrected chi connectivity index (χ2v) is 6.86. The lowest BCUT2D eigenvalue weighted by atomic mass is 9.86. The number of nitrogens with zero attached hydrogens (tertiary/aromatic N) is 4. The van der Waals surface area contributed by atoms with E-state index in [0.29, 0.717) is 12.0 Å². The molecule has 0 saturated heterocycles. The number of hydrogen-bond acceptors (Lipinski definition) is 3. The SMILES string of the molecule is CC(C)c1nnc2n1CCN([C@@H]1CCCc3ccccc31)C2. The lowest BCUT2D eigenvalue weighted by Crippen LogP contribution is -2.38. The van der Waals surface area contributed by atoms with E-state index >= 15 is 0 Å². The van der Waals surface area contributed by atoms with Crippen LogP contribution in [-0.2, 0) is 19.5 Å². The van der Waals surface area contributed by atoms with Crippen LogP contribution in [0.1, 0.15) is 61.4 Å². The molecular weight excluding hydrogens is 272 g/mol. The Morgan fingerprint density at radius 1 is 1.14 bits per heavy atom. The molecule has 0 radical (unpaired) electrons. The van der Waals surface area contributed by atoms with Crippen molar-refractivity contribution >= 4 is 0 Å². The molecule has 4 heteroatoms. The third-order valence-electron chi connectivity index (χ3n) is 5.11. The molecule has 22 heavy (non-hydrogen) atoms. The average Bonchev–Trinajstić information content (AvgIpc) is 2.97. The first kappa shape index (κ1) is 13.9. The van der Waals surface area contributed by atoms with Crippen molar-refractivity contribution in [2.75, 3.05) is 6.54 Å². The molecule has 0 amide bonds. The predicted octanol–water partition coefficient (Wildman–Crippen LogP) is 3.29. The van der Waals surface area contributed by atoms with E-state index < -0.39 is 0 Å². The van der Waals surface area contributed by atoms with Crippen LogP contribution < -0.4 is 0 Å². The number of hydrogen-bond donors (Lipinski definition) is 0. The van der Waals surface area contributed by atoms with Gasteiger partial charge in [0.2, 0.25) is 0 Å². The zero-order valence-electron chi connectivity index (χ0n) is 13.5. The molecular formula is C18H24N4. The van der Waals surface area contributed by atoms with Crippen molar-refractivity contribution in [3.8, 4) is 0 Å². The van der Waals surface area contributed by atoms with Crippen LogP contribution in [0.25, 0.3) is 0 Å². The molecule has 1 aliphatic carbocycles. The summed E-state index contributed by atoms with van der Waals surface area (Å²) in [4.78, 5) is 2.60. The first-order valence-electron chi connectivity index (χ1n) is 8.48. The fraction of sp³-hybridized carbons (Fsp3) is 0.556. The molecule has 1 atom stereocenters. The molecule has 2 heterocycles. The second-order valence-electron chi connectivity index (χ2n) is 6.86. The van der Waals surface area contributed by atoms with Gasteiger partial charge in [-0.15, -0.1) is 10.2 Å². The van der Waals surface area contributed by atoms with Crippen LogP contribution in [0, 0.1) is 0 Å². The van der Waals surface area contributed by atoms with Crippen molar-refractivity contribution in [3.63, 3.8) is 0 Å². The number of aromatic nitrogens is 3. The first-order valence-corrected chi connectivity index (χ1v) is 8.48. The number of benzene rings is 1. The molecule has 0 unspecified atom stereocenters. The van der Waals surface area contributed by atoms with Gasteiger partial charge in [-0.2, -0.15) is 0 Å². The fourth-order valence-corrected chi connectivity index (χ4v) is 4.00. The monoisotopic (exact) mass is 296 g/mol. The molecule has 0 spiro atoms. The summed E-state index contributed by atoms with van der Waals surface area (Å²) in [6.45, 7) is 7.44. The van der Waals surface area contributed by atoms with Crippen LogP contribution in [0.3, 0.4) is 0 Å². The van der Waals surface area contributed by atoms with Crippen molar-refractivity contribution in [1.82, 2.24) is 19.7 Å². The number of fused-ring (bicyclic) bond motifs is 2. The van der Waals surface area contributed by atoms with Crippen LogP contribution in [0.15, 0.2) is 24.3 Å². The minimum Gasteiger partial charge on any atom is -0.312 e. The van der Waals surface area contributed by atoms with Crippen molar-refractivity contribution in [1.29, 1.82) is 0 Å². The zero-order chi connectivity index (χ0) is 15.1. The Morgan fingerprint density at radius 2 is 2.00 bits per heavy atom. The number of rotatable bonds is 2. The summed E-state index contributed by atoms with van der Waals surface area (Å²) in [5, 5.41) is 8.86. The minimum atomic E-state index is 0.447. The van der Waals surface area contributed by atoms with Crippen LogP contribution in [0.5, 0.6) is 0 Å². The Balaban J connectivity index is 1.61. The second kappa shape index (κ2) is 5.51. The fourth-order valence-electron chi connectivity index (χ4n) is 4.00. The van der Waals surface area contributed by atoms with Crippen LogP contribution >= 0.6 is 0 Å². The highest BCUT2D eigenvalue weighted by Crippen LogP contribution is 2.36. The standard InChI is InChI=1S/C18H24N4/c1-13(2)18-20-19-17-12-21(10-11-22(17)18)16-9-5-7-14-6-3-4-8-15(14)16/h3-4,6,8,13,16H,5,7,9-12H2,1-2H3/t16-/m1/s1. The molecule has 1 aromatic heterocycles. The molecule has 0 N–H and O–H groups in total. The van der Waals surface area contributed by atoms with Gasteiger partial charge in [-0.25, -0.2) is 0 Å². The van der Waals surface area contributed by atoms with Crippen molar-refractivity contribution in [3.05, 3.63) is 47.0 Å². The van der Waals surface area contributed by atoms with Gasteiger partial charge >= 0.3 is 0 Å². The molecule has 0 saturated carbocycles. The largest absolute Gasteiger partial charge is 0.312 e. The van der Waals surface area contributed by atoms with Crippen molar-refractivity contribution < 1.29 is 0 Å². The van der Waals surface area contributed by atoms with Gasteiger partial charge in [0.1, 0.15) is 11.6 Å². The normalized spacial score (nSPS) is 21.7. The van der Waals surface area contributed by atoms with E-state index in [2.05, 4.69) is 57.8 Å². The highest BCUT2D eigenvalue weighted by Gasteiger charge is 2.30. The van der Waals surface area contributed by atoms with Gasteiger partial charge < -0.3 is 4.57 Å². The summed E-state index contributed by atoms with van der Waals surface area (Å²) >= 11 is 0. The Morgan fingerprint density at radius 3 is 2.86 bits per heavy atom. The maximum atomic E-state index is 4.45. The van der Waals surface area contributed by atoms with Gasteiger partial charge in [0.15, 0.2) is 0 Å². The predicted molar refractivity (Wildman–Crippen MR) is 86.6 cm³/mol. The van der Waals surface area contributed by atoms with E-state index in [1.165, 1.54) is 30.4 Å². The van der Waals surface area contributed by atoms with E-state index in [1.54, 1.807) is 0 Å². The van der Waals surface area contributed by atoms with Gasteiger partial charge in [-0.05, 0) is 30.4 Å². The molecule has 2 aliphatic rings. The lowest BCUT2D eigenvalue weighted by Gasteiger charge is -2.38. The Bertz CT molecular complexity index is 673. The van der Waals surface area contributed by atoms with Crippen LogP contribution in [0.2, 0.25) is 0 Å². The molecule has 4 rings (SSSR count). The quantitative estimate of drug-likeness (QED) is 0.852. The maximum Gasteiger partial charge on any atom is 0.147 e. The van der Waals surface area contributed by atoms with E-state index in [1.807, 2.05) is 0 Å². The van der Waals surface area contributed by atoms with Gasteiger partial charge in [-0.3, -0.25) is 4.90 Å². The smallest absolute Gasteiger partial charge is 0.147 e. The Labute approximate surface area is 132 Å². The third-order valence-corrected chi connectivity index (χ3v) is 5.11. The van der Waals surface area contributed by atoms with E-state index in [-0.39, 0.29) is 0 Å². The van der Waals surface area contributed by atoms with Gasteiger partial charge in [0.25, 0.3) is 0 Å². The summed E-state index contributed by atoms with van der Waals surface area (Å²) in [5.41, 5.74) is 3.07. The molecule has 2 aromatic rings. The van der Waals surface area contributed by atoms with Gasteiger partial charge in [0, 0.05) is 25.0 Å². The van der Waals surface area contributed by atoms with Crippen molar-refractivity contribution in [2.45, 2.75) is 58.2 Å². The highest BCUT2D eigenvalue weighted by atomic mass is 15.3. The summed E-state index contributed by atoms with van der Waals surface area (Å²) in [6.07, 6.45) is 3.79. The minimum absolute atomic E-state index is 0.447. The summed E-state index contributed by atoms with van der Waals surface area (Å²) < 4.78 is 2.33. The molecule has 0 fully saturated rings. The van der Waals surface area contributed by atoms with E-state index in [9.17, 15) is 0 Å². The molecule has 116 valence electrons. The maximum absolute atomic E-state index is 4.45. The van der Waals surface area contributed by atoms with Crippen LogP contribution in [-0.4, -0.2) is 26.2 Å². The average molecular weight is 296 g/mol. The molecule has 4 nitrogen and oxygen atoms in total. The zero-order valence-corrected chi connectivity index (χ0v) is 13.5.